The quantitative estimate of drug-likeness (QED) is 0.301. The molecule has 0 aliphatic heterocycles. The molecular formula is C20H32FIN4O2. The summed E-state index contributed by atoms with van der Waals surface area (Å²) in [5, 5.41) is 9.00. The average Bonchev–Trinajstić information content (AvgIpc) is 3.40. The smallest absolute Gasteiger partial charge is 0.239 e. The highest BCUT2D eigenvalue weighted by atomic mass is 127. The lowest BCUT2D eigenvalue weighted by Crippen LogP contribution is -2.48. The van der Waals surface area contributed by atoms with Crippen molar-refractivity contribution in [3.63, 3.8) is 0 Å². The van der Waals surface area contributed by atoms with Crippen LogP contribution in [0.25, 0.3) is 0 Å². The fourth-order valence-electron chi connectivity index (χ4n) is 2.51. The molecular weight excluding hydrogens is 474 g/mol. The van der Waals surface area contributed by atoms with E-state index in [1.54, 1.807) is 13.1 Å². The van der Waals surface area contributed by atoms with Crippen LogP contribution in [0.1, 0.15) is 52.1 Å². The molecule has 0 spiro atoms. The second-order valence-corrected chi connectivity index (χ2v) is 8.03. The van der Waals surface area contributed by atoms with Crippen LogP contribution in [0.4, 0.5) is 4.39 Å². The summed E-state index contributed by atoms with van der Waals surface area (Å²) in [5.74, 6) is 0.852. The first-order chi connectivity index (χ1) is 12.7. The molecule has 1 aliphatic rings. The second-order valence-electron chi connectivity index (χ2n) is 8.03. The number of guanidine groups is 1. The summed E-state index contributed by atoms with van der Waals surface area (Å²) >= 11 is 0. The number of ether oxygens (including phenoxy) is 1. The van der Waals surface area contributed by atoms with E-state index < -0.39 is 0 Å². The molecule has 8 heteroatoms. The number of nitrogens with zero attached hydrogens (tertiary/aromatic N) is 1. The highest BCUT2D eigenvalue weighted by molar-refractivity contribution is 14.0. The predicted molar refractivity (Wildman–Crippen MR) is 121 cm³/mol. The maximum absolute atomic E-state index is 14.3. The summed E-state index contributed by atoms with van der Waals surface area (Å²) in [7, 11) is 1.62. The summed E-state index contributed by atoms with van der Waals surface area (Å²) in [6.45, 7) is 8.36. The van der Waals surface area contributed by atoms with E-state index in [1.807, 2.05) is 33.8 Å². The van der Waals surface area contributed by atoms with Crippen molar-refractivity contribution in [1.29, 1.82) is 0 Å². The zero-order valence-electron chi connectivity index (χ0n) is 17.3. The van der Waals surface area contributed by atoms with Gasteiger partial charge in [0.25, 0.3) is 0 Å². The summed E-state index contributed by atoms with van der Waals surface area (Å²) in [5.41, 5.74) is 0.484. The highest BCUT2D eigenvalue weighted by Gasteiger charge is 2.22. The van der Waals surface area contributed by atoms with Gasteiger partial charge in [-0.3, -0.25) is 9.79 Å². The van der Waals surface area contributed by atoms with Gasteiger partial charge in [-0.05, 0) is 64.2 Å². The van der Waals surface area contributed by atoms with Gasteiger partial charge in [-0.15, -0.1) is 24.0 Å². The molecule has 1 unspecified atom stereocenters. The van der Waals surface area contributed by atoms with Crippen molar-refractivity contribution >= 4 is 35.8 Å². The minimum atomic E-state index is -0.366. The number of halogens is 2. The summed E-state index contributed by atoms with van der Waals surface area (Å²) in [4.78, 5) is 16.0. The molecule has 1 aliphatic carbocycles. The Morgan fingerprint density at radius 3 is 2.57 bits per heavy atom. The second kappa shape index (κ2) is 10.8. The maximum Gasteiger partial charge on any atom is 0.239 e. The van der Waals surface area contributed by atoms with Crippen LogP contribution in [0.15, 0.2) is 23.2 Å². The Hall–Kier alpha value is -1.58. The van der Waals surface area contributed by atoms with Crippen LogP contribution >= 0.6 is 24.0 Å². The number of amides is 1. The molecule has 0 aromatic heterocycles. The number of benzene rings is 1. The standard InChI is InChI=1S/C20H31FN4O2.HI/c1-13(24-19(22-5)23-11-18(26)25-20(2,3)4)15-8-9-17(16(21)10-15)27-12-14-6-7-14;/h8-10,13-14H,6-7,11-12H2,1-5H3,(H,25,26)(H2,22,23,24);1H. The van der Waals surface area contributed by atoms with E-state index in [-0.39, 0.29) is 53.8 Å². The molecule has 0 saturated heterocycles. The van der Waals surface area contributed by atoms with Gasteiger partial charge in [0.2, 0.25) is 5.91 Å². The largest absolute Gasteiger partial charge is 0.490 e. The molecule has 1 atom stereocenters. The van der Waals surface area contributed by atoms with Crippen molar-refractivity contribution in [2.24, 2.45) is 10.9 Å². The Labute approximate surface area is 184 Å². The zero-order valence-corrected chi connectivity index (χ0v) is 19.6. The molecule has 0 bridgehead atoms. The van der Waals surface area contributed by atoms with Crippen LogP contribution in [-0.4, -0.2) is 37.6 Å². The Kier molecular flexibility index (Phi) is 9.46. The van der Waals surface area contributed by atoms with Crippen LogP contribution in [-0.2, 0) is 4.79 Å². The zero-order chi connectivity index (χ0) is 20.0. The lowest BCUT2D eigenvalue weighted by atomic mass is 10.1. The Morgan fingerprint density at radius 1 is 1.36 bits per heavy atom. The molecule has 1 saturated carbocycles. The van der Waals surface area contributed by atoms with Gasteiger partial charge >= 0.3 is 0 Å². The first kappa shape index (κ1) is 24.5. The van der Waals surface area contributed by atoms with E-state index in [9.17, 15) is 9.18 Å². The van der Waals surface area contributed by atoms with Crippen molar-refractivity contribution in [1.82, 2.24) is 16.0 Å². The molecule has 1 fully saturated rings. The maximum atomic E-state index is 14.3. The first-order valence-corrected chi connectivity index (χ1v) is 9.38. The highest BCUT2D eigenvalue weighted by Crippen LogP contribution is 2.30. The molecule has 3 N–H and O–H groups in total. The third-order valence-electron chi connectivity index (χ3n) is 4.14. The van der Waals surface area contributed by atoms with E-state index in [2.05, 4.69) is 20.9 Å². The third-order valence-corrected chi connectivity index (χ3v) is 4.14. The van der Waals surface area contributed by atoms with Crippen LogP contribution in [0.5, 0.6) is 5.75 Å². The molecule has 2 rings (SSSR count). The van der Waals surface area contributed by atoms with Gasteiger partial charge in [-0.25, -0.2) is 4.39 Å². The molecule has 28 heavy (non-hydrogen) atoms. The van der Waals surface area contributed by atoms with Gasteiger partial charge in [0.1, 0.15) is 0 Å². The molecule has 6 nitrogen and oxygen atoms in total. The number of nitrogens with one attached hydrogen (secondary N) is 3. The predicted octanol–water partition coefficient (Wildman–Crippen LogP) is 3.37. The number of aliphatic imine (C=N–C) groups is 1. The molecule has 1 aromatic rings. The number of hydrogen-bond acceptors (Lipinski definition) is 3. The van der Waals surface area contributed by atoms with Crippen molar-refractivity contribution in [3.8, 4) is 5.75 Å². The Morgan fingerprint density at radius 2 is 2.04 bits per heavy atom. The van der Waals surface area contributed by atoms with E-state index in [0.717, 1.165) is 5.56 Å². The van der Waals surface area contributed by atoms with Crippen molar-refractivity contribution in [2.45, 2.75) is 52.1 Å². The SMILES string of the molecule is CN=C(NCC(=O)NC(C)(C)C)NC(C)c1ccc(OCC2CC2)c(F)c1.I. The monoisotopic (exact) mass is 506 g/mol. The van der Waals surface area contributed by atoms with Crippen molar-refractivity contribution < 1.29 is 13.9 Å². The Balaban J connectivity index is 0.00000392. The summed E-state index contributed by atoms with van der Waals surface area (Å²) in [6, 6.07) is 4.79. The minimum absolute atomic E-state index is 0. The number of carbonyl (C=O) groups excluding carboxylic acids is 1. The summed E-state index contributed by atoms with van der Waals surface area (Å²) < 4.78 is 19.8. The van der Waals surface area contributed by atoms with Gasteiger partial charge in [0.05, 0.1) is 19.2 Å². The van der Waals surface area contributed by atoms with E-state index in [4.69, 9.17) is 4.74 Å². The normalized spacial score (nSPS) is 15.3. The number of hydrogen-bond donors (Lipinski definition) is 3. The topological polar surface area (TPSA) is 74.8 Å². The third kappa shape index (κ3) is 8.62. The minimum Gasteiger partial charge on any atom is -0.490 e. The van der Waals surface area contributed by atoms with Gasteiger partial charge in [-0.2, -0.15) is 0 Å². The van der Waals surface area contributed by atoms with Crippen LogP contribution in [0.3, 0.4) is 0 Å². The molecule has 1 aromatic carbocycles. The van der Waals surface area contributed by atoms with Crippen molar-refractivity contribution in [2.75, 3.05) is 20.2 Å². The molecule has 158 valence electrons. The molecule has 1 amide bonds. The van der Waals surface area contributed by atoms with E-state index in [0.29, 0.717) is 24.2 Å². The fraction of sp³-hybridized carbons (Fsp3) is 0.600. The lowest BCUT2D eigenvalue weighted by Gasteiger charge is -2.22. The summed E-state index contributed by atoms with van der Waals surface area (Å²) in [6.07, 6.45) is 2.33. The number of rotatable bonds is 7. The van der Waals surface area contributed by atoms with E-state index in [1.165, 1.54) is 18.9 Å². The van der Waals surface area contributed by atoms with Crippen LogP contribution in [0.2, 0.25) is 0 Å². The first-order valence-electron chi connectivity index (χ1n) is 9.38. The number of carbonyl (C=O) groups is 1. The van der Waals surface area contributed by atoms with Crippen LogP contribution < -0.4 is 20.7 Å². The Bertz CT molecular complexity index is 687. The van der Waals surface area contributed by atoms with E-state index >= 15 is 0 Å². The van der Waals surface area contributed by atoms with Gasteiger partial charge < -0.3 is 20.7 Å². The van der Waals surface area contributed by atoms with Gasteiger partial charge in [0, 0.05) is 12.6 Å². The molecule has 0 heterocycles. The average molecular weight is 506 g/mol. The molecule has 0 radical (unpaired) electrons. The van der Waals surface area contributed by atoms with Crippen LogP contribution in [0, 0.1) is 11.7 Å². The van der Waals surface area contributed by atoms with Crippen molar-refractivity contribution in [3.05, 3.63) is 29.6 Å². The van der Waals surface area contributed by atoms with Gasteiger partial charge in [-0.1, -0.05) is 6.07 Å². The van der Waals surface area contributed by atoms with Gasteiger partial charge in [0.15, 0.2) is 17.5 Å². The fourth-order valence-corrected chi connectivity index (χ4v) is 2.51. The lowest BCUT2D eigenvalue weighted by molar-refractivity contribution is -0.121.